The summed E-state index contributed by atoms with van der Waals surface area (Å²) in [4.78, 5) is 14.2. The normalized spacial score (nSPS) is 26.0. The van der Waals surface area contributed by atoms with Crippen LogP contribution in [0.2, 0.25) is 0 Å². The molecule has 1 amide bonds. The van der Waals surface area contributed by atoms with Crippen molar-refractivity contribution >= 4 is 11.6 Å². The second-order valence-corrected chi connectivity index (χ2v) is 5.49. The number of fused-ring (bicyclic) bond motifs is 2. The lowest BCUT2D eigenvalue weighted by Crippen LogP contribution is -2.41. The van der Waals surface area contributed by atoms with Gasteiger partial charge in [-0.3, -0.25) is 4.79 Å². The molecule has 1 aromatic carbocycles. The maximum absolute atomic E-state index is 12.2. The number of benzene rings is 1. The fourth-order valence-corrected chi connectivity index (χ4v) is 3.02. The van der Waals surface area contributed by atoms with Gasteiger partial charge in [0.15, 0.2) is 0 Å². The van der Waals surface area contributed by atoms with Gasteiger partial charge < -0.3 is 15.5 Å². The molecule has 0 radical (unpaired) electrons. The molecule has 4 nitrogen and oxygen atoms in total. The van der Waals surface area contributed by atoms with Crippen molar-refractivity contribution in [1.82, 2.24) is 10.2 Å². The SMILES string of the molecule is O=C(CNc1ccccc1)N1CCC2CCC(C1)N2. The van der Waals surface area contributed by atoms with E-state index < -0.39 is 0 Å². The monoisotopic (exact) mass is 259 g/mol. The molecule has 0 aromatic heterocycles. The second-order valence-electron chi connectivity index (χ2n) is 5.49. The minimum Gasteiger partial charge on any atom is -0.376 e. The van der Waals surface area contributed by atoms with E-state index in [1.54, 1.807) is 0 Å². The number of rotatable bonds is 3. The molecule has 2 bridgehead atoms. The zero-order valence-electron chi connectivity index (χ0n) is 11.1. The lowest BCUT2D eigenvalue weighted by atomic mass is 10.1. The van der Waals surface area contributed by atoms with E-state index >= 15 is 0 Å². The van der Waals surface area contributed by atoms with E-state index in [0.29, 0.717) is 18.6 Å². The van der Waals surface area contributed by atoms with Crippen LogP contribution in [0.25, 0.3) is 0 Å². The Bertz CT molecular complexity index is 434. The third-order valence-corrected chi connectivity index (χ3v) is 4.09. The predicted octanol–water partition coefficient (Wildman–Crippen LogP) is 1.45. The summed E-state index contributed by atoms with van der Waals surface area (Å²) in [5.74, 6) is 0.207. The van der Waals surface area contributed by atoms with E-state index in [1.165, 1.54) is 12.8 Å². The molecule has 2 atom stereocenters. The van der Waals surface area contributed by atoms with E-state index in [-0.39, 0.29) is 5.91 Å². The van der Waals surface area contributed by atoms with E-state index in [9.17, 15) is 4.79 Å². The zero-order valence-corrected chi connectivity index (χ0v) is 11.1. The predicted molar refractivity (Wildman–Crippen MR) is 76.1 cm³/mol. The van der Waals surface area contributed by atoms with E-state index in [1.807, 2.05) is 35.2 Å². The molecular weight excluding hydrogens is 238 g/mol. The number of hydrogen-bond donors (Lipinski definition) is 2. The van der Waals surface area contributed by atoms with Gasteiger partial charge >= 0.3 is 0 Å². The van der Waals surface area contributed by atoms with Crippen LogP contribution in [0.15, 0.2) is 30.3 Å². The molecule has 0 saturated carbocycles. The Kier molecular flexibility index (Phi) is 3.69. The van der Waals surface area contributed by atoms with E-state index in [0.717, 1.165) is 25.2 Å². The van der Waals surface area contributed by atoms with Crippen molar-refractivity contribution < 1.29 is 4.79 Å². The first-order valence-corrected chi connectivity index (χ1v) is 7.14. The molecule has 1 aromatic rings. The number of amides is 1. The molecule has 102 valence electrons. The van der Waals surface area contributed by atoms with Crippen LogP contribution < -0.4 is 10.6 Å². The summed E-state index contributed by atoms with van der Waals surface area (Å²) in [5, 5.41) is 6.79. The number of carbonyl (C=O) groups excluding carboxylic acids is 1. The molecule has 2 fully saturated rings. The maximum Gasteiger partial charge on any atom is 0.241 e. The Morgan fingerprint density at radius 1 is 1.21 bits per heavy atom. The molecule has 2 saturated heterocycles. The van der Waals surface area contributed by atoms with Crippen LogP contribution >= 0.6 is 0 Å². The van der Waals surface area contributed by atoms with Crippen molar-refractivity contribution in [1.29, 1.82) is 0 Å². The average Bonchev–Trinajstić information content (AvgIpc) is 2.77. The molecule has 0 aliphatic carbocycles. The largest absolute Gasteiger partial charge is 0.376 e. The Labute approximate surface area is 114 Å². The summed E-state index contributed by atoms with van der Waals surface area (Å²) in [6.45, 7) is 2.15. The number of anilines is 1. The third-order valence-electron chi connectivity index (χ3n) is 4.09. The van der Waals surface area contributed by atoms with Crippen molar-refractivity contribution in [3.63, 3.8) is 0 Å². The summed E-state index contributed by atoms with van der Waals surface area (Å²) in [7, 11) is 0. The Morgan fingerprint density at radius 2 is 2.00 bits per heavy atom. The highest BCUT2D eigenvalue weighted by Crippen LogP contribution is 2.20. The molecule has 2 heterocycles. The van der Waals surface area contributed by atoms with Gasteiger partial charge in [0.05, 0.1) is 6.54 Å². The highest BCUT2D eigenvalue weighted by atomic mass is 16.2. The first kappa shape index (κ1) is 12.5. The Balaban J connectivity index is 1.52. The smallest absolute Gasteiger partial charge is 0.241 e. The summed E-state index contributed by atoms with van der Waals surface area (Å²) < 4.78 is 0. The Morgan fingerprint density at radius 3 is 2.84 bits per heavy atom. The van der Waals surface area contributed by atoms with Crippen LogP contribution in [0.5, 0.6) is 0 Å². The molecule has 2 aliphatic rings. The number of likely N-dealkylation sites (tertiary alicyclic amines) is 1. The number of hydrogen-bond acceptors (Lipinski definition) is 3. The highest BCUT2D eigenvalue weighted by Gasteiger charge is 2.30. The van der Waals surface area contributed by atoms with Gasteiger partial charge in [0, 0.05) is 30.9 Å². The molecule has 2 N–H and O–H groups in total. The minimum absolute atomic E-state index is 0.207. The molecule has 19 heavy (non-hydrogen) atoms. The fraction of sp³-hybridized carbons (Fsp3) is 0.533. The van der Waals surface area contributed by atoms with Crippen LogP contribution in [0.3, 0.4) is 0 Å². The van der Waals surface area contributed by atoms with Gasteiger partial charge in [0.1, 0.15) is 0 Å². The molecular formula is C15H21N3O. The second kappa shape index (κ2) is 5.61. The van der Waals surface area contributed by atoms with Crippen LogP contribution in [-0.4, -0.2) is 42.5 Å². The maximum atomic E-state index is 12.2. The van der Waals surface area contributed by atoms with Gasteiger partial charge in [-0.2, -0.15) is 0 Å². The van der Waals surface area contributed by atoms with Gasteiger partial charge in [-0.25, -0.2) is 0 Å². The fourth-order valence-electron chi connectivity index (χ4n) is 3.02. The van der Waals surface area contributed by atoms with Crippen LogP contribution in [0.1, 0.15) is 19.3 Å². The minimum atomic E-state index is 0.207. The molecule has 0 spiro atoms. The van der Waals surface area contributed by atoms with Crippen molar-refractivity contribution in [2.75, 3.05) is 25.0 Å². The van der Waals surface area contributed by atoms with Crippen molar-refractivity contribution in [2.45, 2.75) is 31.3 Å². The molecule has 2 unspecified atom stereocenters. The first-order chi connectivity index (χ1) is 9.31. The number of carbonyl (C=O) groups is 1. The first-order valence-electron chi connectivity index (χ1n) is 7.14. The van der Waals surface area contributed by atoms with Gasteiger partial charge in [-0.05, 0) is 31.4 Å². The lowest BCUT2D eigenvalue weighted by Gasteiger charge is -2.24. The summed E-state index contributed by atoms with van der Waals surface area (Å²) in [5.41, 5.74) is 1.00. The standard InChI is InChI=1S/C15H21N3O/c19-15(10-16-12-4-2-1-3-5-12)18-9-8-13-6-7-14(11-18)17-13/h1-5,13-14,16-17H,6-11H2. The third kappa shape index (κ3) is 3.07. The average molecular weight is 259 g/mol. The summed E-state index contributed by atoms with van der Waals surface area (Å²) in [6, 6.07) is 11.0. The summed E-state index contributed by atoms with van der Waals surface area (Å²) in [6.07, 6.45) is 3.57. The molecule has 2 aliphatic heterocycles. The van der Waals surface area contributed by atoms with Crippen molar-refractivity contribution in [3.8, 4) is 0 Å². The van der Waals surface area contributed by atoms with Crippen LogP contribution in [0, 0.1) is 0 Å². The number of nitrogens with zero attached hydrogens (tertiary/aromatic N) is 1. The van der Waals surface area contributed by atoms with Gasteiger partial charge in [0.2, 0.25) is 5.91 Å². The van der Waals surface area contributed by atoms with Gasteiger partial charge in [-0.15, -0.1) is 0 Å². The number of para-hydroxylation sites is 1. The topological polar surface area (TPSA) is 44.4 Å². The van der Waals surface area contributed by atoms with Crippen LogP contribution in [-0.2, 0) is 4.79 Å². The lowest BCUT2D eigenvalue weighted by molar-refractivity contribution is -0.129. The zero-order chi connectivity index (χ0) is 13.1. The highest BCUT2D eigenvalue weighted by molar-refractivity contribution is 5.81. The van der Waals surface area contributed by atoms with Gasteiger partial charge in [0.25, 0.3) is 0 Å². The van der Waals surface area contributed by atoms with E-state index in [2.05, 4.69) is 10.6 Å². The van der Waals surface area contributed by atoms with Crippen LogP contribution in [0.4, 0.5) is 5.69 Å². The van der Waals surface area contributed by atoms with Gasteiger partial charge in [-0.1, -0.05) is 18.2 Å². The van der Waals surface area contributed by atoms with Crippen molar-refractivity contribution in [3.05, 3.63) is 30.3 Å². The molecule has 3 rings (SSSR count). The summed E-state index contributed by atoms with van der Waals surface area (Å²) >= 11 is 0. The number of nitrogens with one attached hydrogen (secondary N) is 2. The van der Waals surface area contributed by atoms with Crippen molar-refractivity contribution in [2.24, 2.45) is 0 Å². The van der Waals surface area contributed by atoms with E-state index in [4.69, 9.17) is 0 Å². The Hall–Kier alpha value is -1.55. The quantitative estimate of drug-likeness (QED) is 0.863. The molecule has 4 heteroatoms.